The Morgan fingerprint density at radius 2 is 2.22 bits per heavy atom. The first-order valence-electron chi connectivity index (χ1n) is 8.09. The Bertz CT molecular complexity index is 670. The van der Waals surface area contributed by atoms with Gasteiger partial charge in [0.1, 0.15) is 0 Å². The van der Waals surface area contributed by atoms with Crippen LogP contribution in [0.25, 0.3) is 10.9 Å². The van der Waals surface area contributed by atoms with E-state index in [4.69, 9.17) is 21.4 Å². The van der Waals surface area contributed by atoms with E-state index in [0.717, 1.165) is 61.0 Å². The molecule has 5 nitrogen and oxygen atoms in total. The van der Waals surface area contributed by atoms with Crippen LogP contribution in [0, 0.1) is 5.92 Å². The van der Waals surface area contributed by atoms with Gasteiger partial charge in [-0.25, -0.2) is 0 Å². The number of fused-ring (bicyclic) bond motifs is 1. The van der Waals surface area contributed by atoms with Crippen molar-refractivity contribution in [3.8, 4) is 0 Å². The van der Waals surface area contributed by atoms with E-state index < -0.39 is 0 Å². The molecular formula is C17H25ClN4O. The number of benzene rings is 1. The molecular weight excluding hydrogens is 312 g/mol. The lowest BCUT2D eigenvalue weighted by molar-refractivity contribution is 0.112. The highest BCUT2D eigenvalue weighted by molar-refractivity contribution is 6.35. The number of aromatic nitrogens is 2. The average molecular weight is 337 g/mol. The molecule has 2 aromatic rings. The molecule has 1 fully saturated rings. The van der Waals surface area contributed by atoms with Crippen molar-refractivity contribution in [2.75, 3.05) is 46.9 Å². The van der Waals surface area contributed by atoms with Crippen LogP contribution in [0.2, 0.25) is 5.02 Å². The number of hydrogen-bond donors (Lipinski definition) is 0. The van der Waals surface area contributed by atoms with Gasteiger partial charge in [0, 0.05) is 44.5 Å². The van der Waals surface area contributed by atoms with Crippen LogP contribution in [-0.2, 0) is 18.3 Å². The molecule has 2 heterocycles. The highest BCUT2D eigenvalue weighted by Gasteiger charge is 2.21. The molecule has 126 valence electrons. The second kappa shape index (κ2) is 7.18. The van der Waals surface area contributed by atoms with Crippen molar-refractivity contribution in [2.45, 2.75) is 6.54 Å². The summed E-state index contributed by atoms with van der Waals surface area (Å²) >= 11 is 6.42. The molecule has 1 aromatic carbocycles. The van der Waals surface area contributed by atoms with Gasteiger partial charge in [0.15, 0.2) is 0 Å². The first kappa shape index (κ1) is 16.7. The van der Waals surface area contributed by atoms with Gasteiger partial charge in [0.2, 0.25) is 0 Å². The van der Waals surface area contributed by atoms with Crippen LogP contribution in [0.1, 0.15) is 5.69 Å². The van der Waals surface area contributed by atoms with E-state index >= 15 is 0 Å². The second-order valence-corrected chi connectivity index (χ2v) is 7.05. The van der Waals surface area contributed by atoms with Crippen molar-refractivity contribution in [3.05, 3.63) is 28.9 Å². The van der Waals surface area contributed by atoms with Crippen molar-refractivity contribution in [2.24, 2.45) is 13.0 Å². The largest absolute Gasteiger partial charge is 0.380 e. The maximum atomic E-state index is 6.42. The lowest BCUT2D eigenvalue weighted by Crippen LogP contribution is -2.34. The van der Waals surface area contributed by atoms with Gasteiger partial charge in [0.05, 0.1) is 29.4 Å². The molecule has 0 unspecified atom stereocenters. The molecule has 1 aliphatic heterocycles. The summed E-state index contributed by atoms with van der Waals surface area (Å²) in [4.78, 5) is 4.66. The Balaban J connectivity index is 1.80. The van der Waals surface area contributed by atoms with E-state index in [2.05, 4.69) is 30.0 Å². The Hall–Kier alpha value is -1.14. The maximum Gasteiger partial charge on any atom is 0.0858 e. The van der Waals surface area contributed by atoms with E-state index in [9.17, 15) is 0 Å². The summed E-state index contributed by atoms with van der Waals surface area (Å²) in [5, 5.41) is 6.55. The third-order valence-electron chi connectivity index (χ3n) is 4.32. The molecule has 0 amide bonds. The average Bonchev–Trinajstić information content (AvgIpc) is 2.66. The first-order chi connectivity index (χ1) is 11.0. The van der Waals surface area contributed by atoms with Crippen molar-refractivity contribution in [1.29, 1.82) is 0 Å². The summed E-state index contributed by atoms with van der Waals surface area (Å²) in [5.74, 6) is 0.526. The Kier molecular flexibility index (Phi) is 5.21. The molecule has 6 heteroatoms. The second-order valence-electron chi connectivity index (χ2n) is 6.64. The highest BCUT2D eigenvalue weighted by atomic mass is 35.5. The molecule has 0 aliphatic carbocycles. The van der Waals surface area contributed by atoms with E-state index in [1.165, 1.54) is 0 Å². The van der Waals surface area contributed by atoms with Crippen molar-refractivity contribution in [3.63, 3.8) is 0 Å². The Morgan fingerprint density at radius 3 is 3.00 bits per heavy atom. The normalized spacial score (nSPS) is 20.3. The predicted octanol–water partition coefficient (Wildman–Crippen LogP) is 2.24. The molecule has 1 atom stereocenters. The summed E-state index contributed by atoms with van der Waals surface area (Å²) in [7, 11) is 6.20. The van der Waals surface area contributed by atoms with E-state index in [0.29, 0.717) is 5.92 Å². The molecule has 0 spiro atoms. The molecule has 3 rings (SSSR count). The number of nitrogens with zero attached hydrogens (tertiary/aromatic N) is 4. The minimum Gasteiger partial charge on any atom is -0.380 e. The van der Waals surface area contributed by atoms with E-state index in [1.807, 2.05) is 23.9 Å². The predicted molar refractivity (Wildman–Crippen MR) is 93.9 cm³/mol. The van der Waals surface area contributed by atoms with Crippen LogP contribution in [0.15, 0.2) is 18.2 Å². The molecule has 0 radical (unpaired) electrons. The highest BCUT2D eigenvalue weighted by Crippen LogP contribution is 2.27. The fourth-order valence-corrected chi connectivity index (χ4v) is 3.68. The van der Waals surface area contributed by atoms with Gasteiger partial charge >= 0.3 is 0 Å². The zero-order valence-corrected chi connectivity index (χ0v) is 14.9. The van der Waals surface area contributed by atoms with Gasteiger partial charge in [-0.05, 0) is 26.2 Å². The van der Waals surface area contributed by atoms with Crippen LogP contribution in [0.5, 0.6) is 0 Å². The number of rotatable bonds is 4. The summed E-state index contributed by atoms with van der Waals surface area (Å²) in [6, 6.07) is 5.98. The van der Waals surface area contributed by atoms with Gasteiger partial charge in [-0.2, -0.15) is 5.10 Å². The lowest BCUT2D eigenvalue weighted by Gasteiger charge is -2.24. The summed E-state index contributed by atoms with van der Waals surface area (Å²) < 4.78 is 7.69. The van der Waals surface area contributed by atoms with Crippen LogP contribution >= 0.6 is 11.6 Å². The fraction of sp³-hybridized carbons (Fsp3) is 0.588. The van der Waals surface area contributed by atoms with Gasteiger partial charge < -0.3 is 9.64 Å². The standard InChI is InChI=1S/C17H25ClN4O/c1-20(2)9-13-10-22(7-8-23-12-13)11-15-17-14(18)5-4-6-16(17)21(3)19-15/h4-6,13H,7-12H2,1-3H3/t13-/m0/s1. The van der Waals surface area contributed by atoms with Crippen molar-refractivity contribution >= 4 is 22.5 Å². The molecule has 1 aliphatic rings. The zero-order valence-electron chi connectivity index (χ0n) is 14.1. The van der Waals surface area contributed by atoms with Crippen LogP contribution < -0.4 is 0 Å². The Labute approximate surface area is 142 Å². The van der Waals surface area contributed by atoms with Crippen LogP contribution in [-0.4, -0.2) is 66.5 Å². The van der Waals surface area contributed by atoms with Crippen molar-refractivity contribution in [1.82, 2.24) is 19.6 Å². The van der Waals surface area contributed by atoms with Gasteiger partial charge in [-0.3, -0.25) is 9.58 Å². The molecule has 1 saturated heterocycles. The van der Waals surface area contributed by atoms with E-state index in [1.54, 1.807) is 0 Å². The minimum absolute atomic E-state index is 0.526. The Morgan fingerprint density at radius 1 is 1.39 bits per heavy atom. The van der Waals surface area contributed by atoms with Crippen LogP contribution in [0.3, 0.4) is 0 Å². The lowest BCUT2D eigenvalue weighted by atomic mass is 10.1. The zero-order chi connectivity index (χ0) is 16.4. The summed E-state index contributed by atoms with van der Waals surface area (Å²) in [6.07, 6.45) is 0. The summed E-state index contributed by atoms with van der Waals surface area (Å²) in [6.45, 7) is 5.43. The number of ether oxygens (including phenoxy) is 1. The summed E-state index contributed by atoms with van der Waals surface area (Å²) in [5.41, 5.74) is 2.14. The fourth-order valence-electron chi connectivity index (χ4n) is 3.40. The number of aryl methyl sites for hydroxylation is 1. The third kappa shape index (κ3) is 3.86. The first-order valence-corrected chi connectivity index (χ1v) is 8.47. The number of hydrogen-bond acceptors (Lipinski definition) is 4. The molecule has 1 aromatic heterocycles. The molecule has 0 saturated carbocycles. The van der Waals surface area contributed by atoms with Crippen molar-refractivity contribution < 1.29 is 4.74 Å². The maximum absolute atomic E-state index is 6.42. The topological polar surface area (TPSA) is 33.5 Å². The van der Waals surface area contributed by atoms with Crippen LogP contribution in [0.4, 0.5) is 0 Å². The molecule has 23 heavy (non-hydrogen) atoms. The SMILES string of the molecule is CN(C)C[C@@H]1COCCN(Cc2nn(C)c3cccc(Cl)c23)C1. The smallest absolute Gasteiger partial charge is 0.0858 e. The number of halogens is 1. The molecule has 0 bridgehead atoms. The monoisotopic (exact) mass is 336 g/mol. The molecule has 0 N–H and O–H groups in total. The quantitative estimate of drug-likeness (QED) is 0.857. The van der Waals surface area contributed by atoms with E-state index in [-0.39, 0.29) is 0 Å². The third-order valence-corrected chi connectivity index (χ3v) is 4.63. The van der Waals surface area contributed by atoms with Gasteiger partial charge in [-0.15, -0.1) is 0 Å². The van der Waals surface area contributed by atoms with Gasteiger partial charge in [0.25, 0.3) is 0 Å². The minimum atomic E-state index is 0.526. The van der Waals surface area contributed by atoms with Gasteiger partial charge in [-0.1, -0.05) is 17.7 Å².